The Balaban J connectivity index is 2.44. The Morgan fingerprint density at radius 3 is 2.45 bits per heavy atom. The van der Waals surface area contributed by atoms with Gasteiger partial charge in [-0.15, -0.1) is 0 Å². The van der Waals surface area contributed by atoms with Crippen molar-refractivity contribution in [1.29, 1.82) is 0 Å². The van der Waals surface area contributed by atoms with Crippen LogP contribution in [0.4, 0.5) is 0 Å². The molecule has 0 amide bonds. The summed E-state index contributed by atoms with van der Waals surface area (Å²) >= 11 is 0. The third kappa shape index (κ3) is 2.40. The third-order valence-electron chi connectivity index (χ3n) is 4.16. The van der Waals surface area contributed by atoms with Crippen molar-refractivity contribution in [3.63, 3.8) is 0 Å². The van der Waals surface area contributed by atoms with E-state index >= 15 is 0 Å². The summed E-state index contributed by atoms with van der Waals surface area (Å²) in [5, 5.41) is 0. The molecule has 20 heavy (non-hydrogen) atoms. The Bertz CT molecular complexity index is 516. The second-order valence-electron chi connectivity index (χ2n) is 5.87. The topological polar surface area (TPSA) is 50.9 Å². The van der Waals surface area contributed by atoms with Crippen LogP contribution < -0.4 is 5.73 Å². The average Bonchev–Trinajstić information content (AvgIpc) is 2.62. The van der Waals surface area contributed by atoms with E-state index in [1.807, 2.05) is 0 Å². The minimum atomic E-state index is -0.176. The fraction of sp³-hybridized carbons (Fsp3) is 0.562. The van der Waals surface area contributed by atoms with E-state index in [1.165, 1.54) is 22.3 Å². The Labute approximate surface area is 121 Å². The maximum atomic E-state index is 6.08. The van der Waals surface area contributed by atoms with Crippen molar-refractivity contribution < 1.29 is 4.74 Å². The molecule has 0 spiro atoms. The number of guanidine groups is 1. The van der Waals surface area contributed by atoms with Gasteiger partial charge in [0.25, 0.3) is 0 Å². The number of aliphatic imine (C=N–C) groups is 1. The number of aryl methyl sites for hydroxylation is 3. The number of nitrogens with zero attached hydrogens (tertiary/aromatic N) is 2. The molecule has 1 aliphatic heterocycles. The molecule has 110 valence electrons. The minimum Gasteiger partial charge on any atom is -0.383 e. The first-order chi connectivity index (χ1) is 9.40. The maximum absolute atomic E-state index is 6.08. The van der Waals surface area contributed by atoms with Gasteiger partial charge in [-0.3, -0.25) is 4.99 Å². The lowest BCUT2D eigenvalue weighted by molar-refractivity contribution is 0.136. The zero-order valence-electron chi connectivity index (χ0n) is 13.2. The van der Waals surface area contributed by atoms with E-state index in [-0.39, 0.29) is 5.54 Å². The fourth-order valence-corrected chi connectivity index (χ4v) is 3.45. The maximum Gasteiger partial charge on any atom is 0.192 e. The molecule has 2 N–H and O–H groups in total. The van der Waals surface area contributed by atoms with Gasteiger partial charge in [0.1, 0.15) is 0 Å². The van der Waals surface area contributed by atoms with Crippen molar-refractivity contribution in [2.24, 2.45) is 10.7 Å². The Hall–Kier alpha value is -1.55. The lowest BCUT2D eigenvalue weighted by atomic mass is 9.83. The molecule has 1 atom stereocenters. The highest BCUT2D eigenvalue weighted by Crippen LogP contribution is 2.36. The summed E-state index contributed by atoms with van der Waals surface area (Å²) in [6, 6.07) is 4.47. The van der Waals surface area contributed by atoms with Gasteiger partial charge in [-0.1, -0.05) is 17.7 Å². The normalized spacial score (nSPS) is 22.2. The highest BCUT2D eigenvalue weighted by Gasteiger charge is 2.41. The molecule has 1 aromatic rings. The van der Waals surface area contributed by atoms with Crippen LogP contribution in [0, 0.1) is 20.8 Å². The summed E-state index contributed by atoms with van der Waals surface area (Å²) in [5.74, 6) is 0.615. The molecule has 0 fully saturated rings. The van der Waals surface area contributed by atoms with E-state index < -0.39 is 0 Å². The van der Waals surface area contributed by atoms with E-state index in [0.29, 0.717) is 19.1 Å². The predicted molar refractivity (Wildman–Crippen MR) is 83.1 cm³/mol. The van der Waals surface area contributed by atoms with Crippen LogP contribution in [0.15, 0.2) is 17.1 Å². The van der Waals surface area contributed by atoms with Crippen molar-refractivity contribution in [3.05, 3.63) is 34.4 Å². The third-order valence-corrected chi connectivity index (χ3v) is 4.16. The Morgan fingerprint density at radius 1 is 1.30 bits per heavy atom. The van der Waals surface area contributed by atoms with Gasteiger partial charge < -0.3 is 15.4 Å². The molecule has 2 rings (SSSR count). The molecule has 4 heteroatoms. The van der Waals surface area contributed by atoms with Crippen LogP contribution in [0.1, 0.15) is 29.2 Å². The van der Waals surface area contributed by atoms with Gasteiger partial charge in [0, 0.05) is 13.7 Å². The van der Waals surface area contributed by atoms with Crippen LogP contribution in [0.5, 0.6) is 0 Å². The van der Waals surface area contributed by atoms with Gasteiger partial charge in [-0.05, 0) is 44.4 Å². The number of methoxy groups -OCH3 is 1. The van der Waals surface area contributed by atoms with Gasteiger partial charge in [0.2, 0.25) is 0 Å². The summed E-state index contributed by atoms with van der Waals surface area (Å²) in [6.45, 7) is 10.8. The van der Waals surface area contributed by atoms with Gasteiger partial charge in [0.15, 0.2) is 5.96 Å². The molecular weight excluding hydrogens is 250 g/mol. The van der Waals surface area contributed by atoms with Crippen LogP contribution in [0.2, 0.25) is 0 Å². The van der Waals surface area contributed by atoms with Crippen molar-refractivity contribution in [3.8, 4) is 0 Å². The van der Waals surface area contributed by atoms with Crippen molar-refractivity contribution in [2.75, 3.05) is 26.8 Å². The smallest absolute Gasteiger partial charge is 0.192 e. The first kappa shape index (κ1) is 14.9. The van der Waals surface area contributed by atoms with E-state index in [1.54, 1.807) is 7.11 Å². The lowest BCUT2D eigenvalue weighted by Crippen LogP contribution is -2.49. The van der Waals surface area contributed by atoms with Gasteiger partial charge in [-0.2, -0.15) is 0 Å². The fourth-order valence-electron chi connectivity index (χ4n) is 3.45. The van der Waals surface area contributed by atoms with E-state index in [0.717, 1.165) is 6.54 Å². The Kier molecular flexibility index (Phi) is 4.04. The first-order valence-electron chi connectivity index (χ1n) is 7.05. The van der Waals surface area contributed by atoms with Crippen LogP contribution in [0.25, 0.3) is 0 Å². The molecular formula is C16H25N3O. The summed E-state index contributed by atoms with van der Waals surface area (Å²) in [7, 11) is 1.71. The number of hydrogen-bond acceptors (Lipinski definition) is 4. The van der Waals surface area contributed by atoms with Gasteiger partial charge in [-0.25, -0.2) is 0 Å². The largest absolute Gasteiger partial charge is 0.383 e. The van der Waals surface area contributed by atoms with E-state index in [9.17, 15) is 0 Å². The van der Waals surface area contributed by atoms with Crippen molar-refractivity contribution in [2.45, 2.75) is 33.2 Å². The molecule has 0 bridgehead atoms. The zero-order chi connectivity index (χ0) is 14.9. The second-order valence-corrected chi connectivity index (χ2v) is 5.87. The molecule has 0 saturated carbocycles. The summed E-state index contributed by atoms with van der Waals surface area (Å²) in [4.78, 5) is 6.64. The van der Waals surface area contributed by atoms with E-state index in [4.69, 9.17) is 10.5 Å². The molecule has 0 saturated heterocycles. The minimum absolute atomic E-state index is 0.176. The molecule has 1 aliphatic rings. The SMILES string of the molecule is COCCN1C(N)=NCC1(C)c1c(C)cc(C)cc1C. The summed E-state index contributed by atoms with van der Waals surface area (Å²) in [6.07, 6.45) is 0. The molecule has 4 nitrogen and oxygen atoms in total. The molecule has 1 unspecified atom stereocenters. The number of hydrogen-bond donors (Lipinski definition) is 1. The van der Waals surface area contributed by atoms with Crippen LogP contribution in [0.3, 0.4) is 0 Å². The predicted octanol–water partition coefficient (Wildman–Crippen LogP) is 2.10. The van der Waals surface area contributed by atoms with Crippen molar-refractivity contribution >= 4 is 5.96 Å². The lowest BCUT2D eigenvalue weighted by Gasteiger charge is -2.38. The van der Waals surface area contributed by atoms with Crippen LogP contribution >= 0.6 is 0 Å². The molecule has 1 heterocycles. The van der Waals surface area contributed by atoms with Crippen LogP contribution in [-0.2, 0) is 10.3 Å². The zero-order valence-corrected chi connectivity index (χ0v) is 13.2. The van der Waals surface area contributed by atoms with Crippen LogP contribution in [-0.4, -0.2) is 37.7 Å². The molecule has 0 aliphatic carbocycles. The first-order valence-corrected chi connectivity index (χ1v) is 7.05. The van der Waals surface area contributed by atoms with Gasteiger partial charge in [0.05, 0.1) is 18.7 Å². The molecule has 0 aromatic heterocycles. The standard InChI is InChI=1S/C16H25N3O/c1-11-8-12(2)14(13(3)9-11)16(4)10-18-15(17)19(16)6-7-20-5/h8-9H,6-7,10H2,1-5H3,(H2,17,18). The number of rotatable bonds is 4. The van der Waals surface area contributed by atoms with Gasteiger partial charge >= 0.3 is 0 Å². The quantitative estimate of drug-likeness (QED) is 0.915. The van der Waals surface area contributed by atoms with E-state index in [2.05, 4.69) is 49.7 Å². The molecule has 1 aromatic carbocycles. The Morgan fingerprint density at radius 2 is 1.90 bits per heavy atom. The second kappa shape index (κ2) is 5.44. The number of ether oxygens (including phenoxy) is 1. The highest BCUT2D eigenvalue weighted by molar-refractivity contribution is 5.81. The highest BCUT2D eigenvalue weighted by atomic mass is 16.5. The molecule has 0 radical (unpaired) electrons. The number of nitrogens with two attached hydrogens (primary N) is 1. The monoisotopic (exact) mass is 275 g/mol. The van der Waals surface area contributed by atoms with Crippen molar-refractivity contribution in [1.82, 2.24) is 4.90 Å². The number of benzene rings is 1. The average molecular weight is 275 g/mol. The summed E-state index contributed by atoms with van der Waals surface area (Å²) in [5.41, 5.74) is 11.1. The summed E-state index contributed by atoms with van der Waals surface area (Å²) < 4.78 is 5.21.